The van der Waals surface area contributed by atoms with Gasteiger partial charge in [0, 0.05) is 18.3 Å². The lowest BCUT2D eigenvalue weighted by Crippen LogP contribution is -2.63. The van der Waals surface area contributed by atoms with E-state index in [1.165, 1.54) is 31.9 Å². The van der Waals surface area contributed by atoms with Crippen LogP contribution >= 0.6 is 0 Å². The van der Waals surface area contributed by atoms with E-state index in [1.54, 1.807) is 12.1 Å². The van der Waals surface area contributed by atoms with Gasteiger partial charge >= 0.3 is 6.18 Å². The molecular formula is C34H40F3N5O4. The first-order valence-corrected chi connectivity index (χ1v) is 16.1. The van der Waals surface area contributed by atoms with Crippen molar-refractivity contribution in [2.24, 2.45) is 17.8 Å². The van der Waals surface area contributed by atoms with E-state index in [9.17, 15) is 28.2 Å². The minimum Gasteiger partial charge on any atom is -0.388 e. The SMILES string of the molecule is O=C(NC[C@H]1OC(C2CCC(CC3CCCC3)C2)[C@H](Nc2cncc(C(F)(F)F)n2)[C@@H](O)[C@H]1O)c1ccc(-c2ccccc2)nc1. The van der Waals surface area contributed by atoms with Crippen LogP contribution in [0.5, 0.6) is 0 Å². The van der Waals surface area contributed by atoms with Gasteiger partial charge in [-0.05, 0) is 49.1 Å². The second-order valence-electron chi connectivity index (χ2n) is 12.9. The second kappa shape index (κ2) is 14.0. The number of hydrogen-bond donors (Lipinski definition) is 4. The summed E-state index contributed by atoms with van der Waals surface area (Å²) in [7, 11) is 0. The number of amides is 1. The van der Waals surface area contributed by atoms with Crippen LogP contribution in [0, 0.1) is 17.8 Å². The van der Waals surface area contributed by atoms with Gasteiger partial charge in [0.15, 0.2) is 5.69 Å². The van der Waals surface area contributed by atoms with Crippen molar-refractivity contribution in [3.8, 4) is 11.3 Å². The standard InChI is InChI=1S/C34H40F3N5O4/c35-34(36,37)27-18-38-19-28(41-27)42-29-31(44)30(43)26(46-32(29)23-11-10-21(15-23)14-20-6-4-5-7-20)17-40-33(45)24-12-13-25(39-16-24)22-8-2-1-3-9-22/h1-3,8-9,12-13,16,18-21,23,26,29-32,43-44H,4-7,10-11,14-15,17H2,(H,40,45)(H,41,42)/t21?,23?,26-,29-,30+,31-,32?/m1/s1. The Bertz CT molecular complexity index is 1460. The molecule has 2 aromatic heterocycles. The van der Waals surface area contributed by atoms with Gasteiger partial charge in [0.25, 0.3) is 5.91 Å². The number of rotatable bonds is 9. The summed E-state index contributed by atoms with van der Waals surface area (Å²) in [6, 6.07) is 12.1. The van der Waals surface area contributed by atoms with Crippen LogP contribution in [0.15, 0.2) is 61.1 Å². The van der Waals surface area contributed by atoms with Crippen molar-refractivity contribution >= 4 is 11.7 Å². The first-order valence-electron chi connectivity index (χ1n) is 16.1. The largest absolute Gasteiger partial charge is 0.434 e. The van der Waals surface area contributed by atoms with E-state index < -0.39 is 48.2 Å². The van der Waals surface area contributed by atoms with Crippen molar-refractivity contribution in [3.63, 3.8) is 0 Å². The Labute approximate surface area is 266 Å². The molecule has 3 unspecified atom stereocenters. The summed E-state index contributed by atoms with van der Waals surface area (Å²) >= 11 is 0. The molecule has 3 fully saturated rings. The highest BCUT2D eigenvalue weighted by molar-refractivity contribution is 5.94. The molecule has 2 saturated carbocycles. The van der Waals surface area contributed by atoms with Gasteiger partial charge in [0.1, 0.15) is 24.1 Å². The van der Waals surface area contributed by atoms with Crippen molar-refractivity contribution in [2.75, 3.05) is 11.9 Å². The quantitative estimate of drug-likeness (QED) is 0.250. The Balaban J connectivity index is 1.15. The highest BCUT2D eigenvalue weighted by atomic mass is 19.4. The summed E-state index contributed by atoms with van der Waals surface area (Å²) in [5.74, 6) is 0.637. The number of aliphatic hydroxyl groups excluding tert-OH is 2. The third-order valence-electron chi connectivity index (χ3n) is 9.77. The van der Waals surface area contributed by atoms with Crippen molar-refractivity contribution < 1.29 is 32.9 Å². The minimum atomic E-state index is -4.69. The molecule has 46 heavy (non-hydrogen) atoms. The fraction of sp³-hybridized carbons (Fsp3) is 0.529. The fourth-order valence-electron chi connectivity index (χ4n) is 7.42. The molecule has 246 valence electrons. The zero-order valence-corrected chi connectivity index (χ0v) is 25.4. The maximum absolute atomic E-state index is 13.4. The lowest BCUT2D eigenvalue weighted by molar-refractivity contribution is -0.185. The number of halogens is 3. The summed E-state index contributed by atoms with van der Waals surface area (Å²) < 4.78 is 46.5. The molecule has 3 heterocycles. The maximum atomic E-state index is 13.4. The van der Waals surface area contributed by atoms with E-state index in [0.717, 1.165) is 49.1 Å². The molecule has 1 aromatic carbocycles. The smallest absolute Gasteiger partial charge is 0.388 e. The van der Waals surface area contributed by atoms with Crippen LogP contribution in [-0.4, -0.2) is 68.1 Å². The van der Waals surface area contributed by atoms with E-state index in [-0.39, 0.29) is 18.3 Å². The number of alkyl halides is 3. The Morgan fingerprint density at radius 2 is 1.72 bits per heavy atom. The predicted molar refractivity (Wildman–Crippen MR) is 165 cm³/mol. The monoisotopic (exact) mass is 639 g/mol. The number of benzene rings is 1. The van der Waals surface area contributed by atoms with Gasteiger partial charge in [-0.1, -0.05) is 62.4 Å². The highest BCUT2D eigenvalue weighted by Crippen LogP contribution is 2.43. The van der Waals surface area contributed by atoms with Crippen LogP contribution < -0.4 is 10.6 Å². The molecule has 3 aliphatic rings. The topological polar surface area (TPSA) is 129 Å². The highest BCUT2D eigenvalue weighted by Gasteiger charge is 2.49. The van der Waals surface area contributed by atoms with Crippen LogP contribution in [-0.2, 0) is 10.9 Å². The zero-order chi connectivity index (χ0) is 32.3. The average molecular weight is 640 g/mol. The fourth-order valence-corrected chi connectivity index (χ4v) is 7.42. The van der Waals surface area contributed by atoms with E-state index >= 15 is 0 Å². The van der Waals surface area contributed by atoms with Crippen molar-refractivity contribution in [3.05, 3.63) is 72.3 Å². The van der Waals surface area contributed by atoms with Gasteiger partial charge in [-0.3, -0.25) is 14.8 Å². The molecule has 7 atom stereocenters. The number of ether oxygens (including phenoxy) is 1. The van der Waals surface area contributed by atoms with Crippen LogP contribution in [0.4, 0.5) is 19.0 Å². The lowest BCUT2D eigenvalue weighted by atomic mass is 9.83. The number of aromatic nitrogens is 3. The molecular weight excluding hydrogens is 599 g/mol. The van der Waals surface area contributed by atoms with Crippen LogP contribution in [0.3, 0.4) is 0 Å². The Morgan fingerprint density at radius 1 is 0.935 bits per heavy atom. The molecule has 0 radical (unpaired) electrons. The lowest BCUT2D eigenvalue weighted by Gasteiger charge is -2.45. The Morgan fingerprint density at radius 3 is 2.43 bits per heavy atom. The zero-order valence-electron chi connectivity index (χ0n) is 25.4. The second-order valence-corrected chi connectivity index (χ2v) is 12.9. The third kappa shape index (κ3) is 7.50. The van der Waals surface area contributed by atoms with Gasteiger partial charge < -0.3 is 25.6 Å². The van der Waals surface area contributed by atoms with Gasteiger partial charge in [-0.25, -0.2) is 4.98 Å². The number of hydrogen-bond acceptors (Lipinski definition) is 8. The van der Waals surface area contributed by atoms with E-state index in [2.05, 4.69) is 25.6 Å². The molecule has 1 saturated heterocycles. The van der Waals surface area contributed by atoms with Crippen molar-refractivity contribution in [2.45, 2.75) is 88.0 Å². The Kier molecular flexibility index (Phi) is 9.86. The number of pyridine rings is 1. The number of nitrogens with zero attached hydrogens (tertiary/aromatic N) is 3. The number of aliphatic hydroxyl groups is 2. The number of carbonyl (C=O) groups excluding carboxylic acids is 1. The number of carbonyl (C=O) groups is 1. The molecule has 9 nitrogen and oxygen atoms in total. The first kappa shape index (κ1) is 32.3. The number of nitrogens with one attached hydrogen (secondary N) is 2. The molecule has 1 aliphatic heterocycles. The van der Waals surface area contributed by atoms with Crippen LogP contribution in [0.2, 0.25) is 0 Å². The maximum Gasteiger partial charge on any atom is 0.434 e. The van der Waals surface area contributed by atoms with Gasteiger partial charge in [-0.2, -0.15) is 13.2 Å². The van der Waals surface area contributed by atoms with Gasteiger partial charge in [0.05, 0.1) is 35.8 Å². The van der Waals surface area contributed by atoms with Crippen LogP contribution in [0.25, 0.3) is 11.3 Å². The molecule has 0 spiro atoms. The predicted octanol–water partition coefficient (Wildman–Crippen LogP) is 5.25. The van der Waals surface area contributed by atoms with E-state index in [1.807, 2.05) is 30.3 Å². The average Bonchev–Trinajstić information content (AvgIpc) is 3.76. The van der Waals surface area contributed by atoms with Crippen molar-refractivity contribution in [1.82, 2.24) is 20.3 Å². The molecule has 4 N–H and O–H groups in total. The van der Waals surface area contributed by atoms with E-state index in [0.29, 0.717) is 17.7 Å². The normalized spacial score (nSPS) is 28.7. The summed E-state index contributed by atoms with van der Waals surface area (Å²) in [6.07, 6.45) is 3.02. The van der Waals surface area contributed by atoms with Crippen LogP contribution in [0.1, 0.15) is 67.4 Å². The summed E-state index contributed by atoms with van der Waals surface area (Å²) in [4.78, 5) is 24.8. The van der Waals surface area contributed by atoms with Crippen molar-refractivity contribution in [1.29, 1.82) is 0 Å². The van der Waals surface area contributed by atoms with E-state index in [4.69, 9.17) is 4.74 Å². The summed E-state index contributed by atoms with van der Waals surface area (Å²) in [5.41, 5.74) is 0.811. The Hall–Kier alpha value is -3.61. The third-order valence-corrected chi connectivity index (χ3v) is 9.77. The molecule has 0 bridgehead atoms. The van der Waals surface area contributed by atoms with Gasteiger partial charge in [-0.15, -0.1) is 0 Å². The molecule has 2 aliphatic carbocycles. The molecule has 12 heteroatoms. The molecule has 6 rings (SSSR count). The van der Waals surface area contributed by atoms with Gasteiger partial charge in [0.2, 0.25) is 0 Å². The summed E-state index contributed by atoms with van der Waals surface area (Å²) in [6.45, 7) is -0.0810. The minimum absolute atomic E-state index is 0.00209. The number of anilines is 1. The first-order chi connectivity index (χ1) is 22.2. The summed E-state index contributed by atoms with van der Waals surface area (Å²) in [5, 5.41) is 28.2. The molecule has 3 aromatic rings. The molecule has 1 amide bonds.